The lowest BCUT2D eigenvalue weighted by Crippen LogP contribution is -2.40. The molecule has 0 aromatic heterocycles. The van der Waals surface area contributed by atoms with E-state index < -0.39 is 12.0 Å². The number of hydrogen-bond acceptors (Lipinski definition) is 2. The maximum Gasteiger partial charge on any atom is 0.326 e. The molecule has 0 radical (unpaired) electrons. The summed E-state index contributed by atoms with van der Waals surface area (Å²) in [4.78, 5) is 24.9. The molecular weight excluding hydrogens is 254 g/mol. The van der Waals surface area contributed by atoms with Gasteiger partial charge in [-0.3, -0.25) is 4.79 Å². The molecule has 0 spiro atoms. The zero-order valence-electron chi connectivity index (χ0n) is 11.4. The number of carbonyl (C=O) groups excluding carboxylic acids is 1. The van der Waals surface area contributed by atoms with Gasteiger partial charge in [-0.1, -0.05) is 30.3 Å². The molecule has 0 bridgehead atoms. The molecule has 2 fully saturated rings. The van der Waals surface area contributed by atoms with E-state index in [1.807, 2.05) is 18.2 Å². The van der Waals surface area contributed by atoms with E-state index in [1.165, 1.54) is 5.56 Å². The summed E-state index contributed by atoms with van der Waals surface area (Å²) in [7, 11) is 0. The molecule has 1 aliphatic heterocycles. The molecule has 1 N–H and O–H groups in total. The van der Waals surface area contributed by atoms with Gasteiger partial charge in [-0.05, 0) is 36.7 Å². The standard InChI is InChI=1S/C16H19NO3/c18-15(17-8-4-7-14(17)16(19)20)10-12-9-13(12)11-5-2-1-3-6-11/h1-3,5-6,12-14H,4,7-10H2,(H,19,20)/t12-,13-,14-/m0/s1. The first-order chi connectivity index (χ1) is 9.66. The molecule has 3 rings (SSSR count). The fourth-order valence-electron chi connectivity index (χ4n) is 3.25. The van der Waals surface area contributed by atoms with Crippen LogP contribution >= 0.6 is 0 Å². The van der Waals surface area contributed by atoms with Crippen LogP contribution in [0.2, 0.25) is 0 Å². The van der Waals surface area contributed by atoms with Gasteiger partial charge in [-0.25, -0.2) is 4.79 Å². The van der Waals surface area contributed by atoms with Crippen molar-refractivity contribution in [1.29, 1.82) is 0 Å². The van der Waals surface area contributed by atoms with E-state index in [0.717, 1.165) is 12.8 Å². The summed E-state index contributed by atoms with van der Waals surface area (Å²) in [6, 6.07) is 9.64. The van der Waals surface area contributed by atoms with Crippen LogP contribution in [0.3, 0.4) is 0 Å². The molecule has 1 saturated heterocycles. The van der Waals surface area contributed by atoms with E-state index in [4.69, 9.17) is 5.11 Å². The Morgan fingerprint density at radius 2 is 2.00 bits per heavy atom. The lowest BCUT2D eigenvalue weighted by atomic mass is 10.1. The van der Waals surface area contributed by atoms with Crippen LogP contribution in [0.15, 0.2) is 30.3 Å². The molecule has 3 atom stereocenters. The second kappa shape index (κ2) is 5.27. The number of carboxylic acid groups (broad SMARTS) is 1. The normalized spacial score (nSPS) is 28.4. The Bertz CT molecular complexity index is 514. The predicted octanol–water partition coefficient (Wildman–Crippen LogP) is 2.26. The van der Waals surface area contributed by atoms with Crippen LogP contribution in [-0.4, -0.2) is 34.5 Å². The van der Waals surface area contributed by atoms with Gasteiger partial charge in [0, 0.05) is 13.0 Å². The molecule has 1 saturated carbocycles. The summed E-state index contributed by atoms with van der Waals surface area (Å²) in [5.41, 5.74) is 1.29. The average Bonchev–Trinajstić information content (AvgIpc) is 3.02. The van der Waals surface area contributed by atoms with Gasteiger partial charge >= 0.3 is 5.97 Å². The molecule has 4 heteroatoms. The molecule has 1 aromatic carbocycles. The van der Waals surface area contributed by atoms with Crippen molar-refractivity contribution in [2.45, 2.75) is 37.6 Å². The number of rotatable bonds is 4. The van der Waals surface area contributed by atoms with Crippen LogP contribution < -0.4 is 0 Å². The minimum atomic E-state index is -0.869. The molecule has 106 valence electrons. The Kier molecular flexibility index (Phi) is 3.47. The van der Waals surface area contributed by atoms with Gasteiger partial charge in [-0.2, -0.15) is 0 Å². The highest BCUT2D eigenvalue weighted by Crippen LogP contribution is 2.49. The largest absolute Gasteiger partial charge is 0.480 e. The van der Waals surface area contributed by atoms with Gasteiger partial charge < -0.3 is 10.0 Å². The number of carbonyl (C=O) groups is 2. The first-order valence-corrected chi connectivity index (χ1v) is 7.24. The van der Waals surface area contributed by atoms with Gasteiger partial charge in [0.2, 0.25) is 5.91 Å². The summed E-state index contributed by atoms with van der Waals surface area (Å²) in [5, 5.41) is 9.12. The number of hydrogen-bond donors (Lipinski definition) is 1. The molecule has 2 aliphatic rings. The molecule has 1 aromatic rings. The smallest absolute Gasteiger partial charge is 0.326 e. The Balaban J connectivity index is 1.57. The van der Waals surface area contributed by atoms with Crippen molar-refractivity contribution in [2.75, 3.05) is 6.54 Å². The molecule has 0 unspecified atom stereocenters. The third-order valence-corrected chi connectivity index (χ3v) is 4.45. The van der Waals surface area contributed by atoms with Gasteiger partial charge in [0.05, 0.1) is 0 Å². The van der Waals surface area contributed by atoms with E-state index >= 15 is 0 Å². The Labute approximate surface area is 118 Å². The molecule has 1 amide bonds. The number of carboxylic acids is 1. The zero-order chi connectivity index (χ0) is 14.1. The molecule has 4 nitrogen and oxygen atoms in total. The maximum absolute atomic E-state index is 12.3. The van der Waals surface area contributed by atoms with Crippen LogP contribution in [0.5, 0.6) is 0 Å². The van der Waals surface area contributed by atoms with Gasteiger partial charge in [-0.15, -0.1) is 0 Å². The number of aliphatic carboxylic acids is 1. The summed E-state index contributed by atoms with van der Waals surface area (Å²) < 4.78 is 0. The first kappa shape index (κ1) is 13.2. The number of benzene rings is 1. The van der Waals surface area contributed by atoms with Crippen LogP contribution in [0.1, 0.15) is 37.2 Å². The topological polar surface area (TPSA) is 57.6 Å². The Morgan fingerprint density at radius 3 is 2.70 bits per heavy atom. The Hall–Kier alpha value is -1.84. The van der Waals surface area contributed by atoms with Crippen molar-refractivity contribution >= 4 is 11.9 Å². The fraction of sp³-hybridized carbons (Fsp3) is 0.500. The highest BCUT2D eigenvalue weighted by molar-refractivity contribution is 5.84. The van der Waals surface area contributed by atoms with Crippen molar-refractivity contribution < 1.29 is 14.7 Å². The lowest BCUT2D eigenvalue weighted by molar-refractivity contribution is -0.148. The van der Waals surface area contributed by atoms with E-state index in [2.05, 4.69) is 12.1 Å². The summed E-state index contributed by atoms with van der Waals surface area (Å²) >= 11 is 0. The SMILES string of the molecule is O=C(O)[C@@H]1CCCN1C(=O)C[C@@H]1C[C@H]1c1ccccc1. The molecule has 1 aliphatic carbocycles. The highest BCUT2D eigenvalue weighted by atomic mass is 16.4. The number of likely N-dealkylation sites (tertiary alicyclic amines) is 1. The van der Waals surface area contributed by atoms with E-state index in [9.17, 15) is 9.59 Å². The van der Waals surface area contributed by atoms with E-state index in [-0.39, 0.29) is 5.91 Å². The fourth-order valence-corrected chi connectivity index (χ4v) is 3.25. The second-order valence-electron chi connectivity index (χ2n) is 5.80. The second-order valence-corrected chi connectivity index (χ2v) is 5.80. The van der Waals surface area contributed by atoms with Crippen molar-refractivity contribution in [3.63, 3.8) is 0 Å². The van der Waals surface area contributed by atoms with Gasteiger partial charge in [0.25, 0.3) is 0 Å². The van der Waals surface area contributed by atoms with Crippen molar-refractivity contribution in [3.8, 4) is 0 Å². The van der Waals surface area contributed by atoms with Crippen molar-refractivity contribution in [2.24, 2.45) is 5.92 Å². The summed E-state index contributed by atoms with van der Waals surface area (Å²) in [6.45, 7) is 0.596. The first-order valence-electron chi connectivity index (χ1n) is 7.24. The Morgan fingerprint density at radius 1 is 1.25 bits per heavy atom. The van der Waals surface area contributed by atoms with Crippen LogP contribution in [0.4, 0.5) is 0 Å². The molecular formula is C16H19NO3. The third kappa shape index (κ3) is 2.55. The van der Waals surface area contributed by atoms with Crippen LogP contribution in [-0.2, 0) is 9.59 Å². The van der Waals surface area contributed by atoms with Gasteiger partial charge in [0.15, 0.2) is 0 Å². The van der Waals surface area contributed by atoms with Crippen LogP contribution in [0, 0.1) is 5.92 Å². The van der Waals surface area contributed by atoms with Crippen LogP contribution in [0.25, 0.3) is 0 Å². The van der Waals surface area contributed by atoms with E-state index in [1.54, 1.807) is 4.90 Å². The molecule has 1 heterocycles. The number of nitrogens with zero attached hydrogens (tertiary/aromatic N) is 1. The molecule has 20 heavy (non-hydrogen) atoms. The van der Waals surface area contributed by atoms with Crippen molar-refractivity contribution in [1.82, 2.24) is 4.90 Å². The maximum atomic E-state index is 12.3. The third-order valence-electron chi connectivity index (χ3n) is 4.45. The van der Waals surface area contributed by atoms with E-state index in [0.29, 0.717) is 31.2 Å². The average molecular weight is 273 g/mol. The summed E-state index contributed by atoms with van der Waals surface area (Å²) in [5.74, 6) is 0.00978. The summed E-state index contributed by atoms with van der Waals surface area (Å²) in [6.07, 6.45) is 2.92. The monoisotopic (exact) mass is 273 g/mol. The quantitative estimate of drug-likeness (QED) is 0.915. The van der Waals surface area contributed by atoms with Crippen molar-refractivity contribution in [3.05, 3.63) is 35.9 Å². The minimum Gasteiger partial charge on any atom is -0.480 e. The highest BCUT2D eigenvalue weighted by Gasteiger charge is 2.42. The number of amides is 1. The predicted molar refractivity (Wildman–Crippen MR) is 74.3 cm³/mol. The zero-order valence-corrected chi connectivity index (χ0v) is 11.4. The minimum absolute atomic E-state index is 0.0123. The lowest BCUT2D eigenvalue weighted by Gasteiger charge is -2.21. The van der Waals surface area contributed by atoms with Gasteiger partial charge in [0.1, 0.15) is 6.04 Å².